The van der Waals surface area contributed by atoms with Crippen molar-refractivity contribution in [3.8, 4) is 5.75 Å². The number of rotatable bonds is 6. The van der Waals surface area contributed by atoms with Crippen molar-refractivity contribution >= 4 is 16.9 Å². The van der Waals surface area contributed by atoms with Gasteiger partial charge in [0, 0.05) is 18.5 Å². The van der Waals surface area contributed by atoms with Gasteiger partial charge in [0.2, 0.25) is 0 Å². The zero-order valence-corrected chi connectivity index (χ0v) is 13.3. The van der Waals surface area contributed by atoms with Crippen molar-refractivity contribution < 1.29 is 14.6 Å². The summed E-state index contributed by atoms with van der Waals surface area (Å²) in [4.78, 5) is 11.6. The summed E-state index contributed by atoms with van der Waals surface area (Å²) in [6, 6.07) is 13.1. The Balaban J connectivity index is 1.77. The van der Waals surface area contributed by atoms with E-state index in [4.69, 9.17) is 10.5 Å². The lowest BCUT2D eigenvalue weighted by Crippen LogP contribution is -2.30. The standard InChI is InChI=1S/C18H19N3O3/c1-21-15-7-8-16(17(18(22)23)14(15)10-20-21)24-11-13(19)9-12-5-3-2-4-6-12/h2-8,10,13H,9,11,19H2,1H3,(H,22,23)/t13-/m1/s1. The number of carboxylic acid groups (broad SMARTS) is 1. The minimum Gasteiger partial charge on any atom is -0.491 e. The van der Waals surface area contributed by atoms with Crippen LogP contribution in [0.5, 0.6) is 5.75 Å². The fourth-order valence-corrected chi connectivity index (χ4v) is 2.72. The minimum absolute atomic E-state index is 0.118. The highest BCUT2D eigenvalue weighted by molar-refractivity contribution is 6.05. The molecule has 3 aromatic rings. The topological polar surface area (TPSA) is 90.4 Å². The molecule has 6 nitrogen and oxygen atoms in total. The fraction of sp³-hybridized carbons (Fsp3) is 0.222. The highest BCUT2D eigenvalue weighted by Crippen LogP contribution is 2.28. The third-order valence-electron chi connectivity index (χ3n) is 3.90. The summed E-state index contributed by atoms with van der Waals surface area (Å²) in [5.74, 6) is -0.730. The molecule has 0 bridgehead atoms. The Morgan fingerprint density at radius 3 is 2.75 bits per heavy atom. The van der Waals surface area contributed by atoms with Crippen molar-refractivity contribution in [1.29, 1.82) is 0 Å². The molecule has 0 spiro atoms. The maximum absolute atomic E-state index is 11.6. The van der Waals surface area contributed by atoms with Crippen LogP contribution in [0.1, 0.15) is 15.9 Å². The summed E-state index contributed by atoms with van der Waals surface area (Å²) in [7, 11) is 1.77. The lowest BCUT2D eigenvalue weighted by molar-refractivity contribution is 0.0694. The number of benzene rings is 2. The summed E-state index contributed by atoms with van der Waals surface area (Å²) in [6.07, 6.45) is 2.20. The van der Waals surface area contributed by atoms with Crippen LogP contribution in [0.3, 0.4) is 0 Å². The van der Waals surface area contributed by atoms with E-state index in [0.717, 1.165) is 11.1 Å². The molecule has 124 valence electrons. The van der Waals surface area contributed by atoms with E-state index in [-0.39, 0.29) is 18.2 Å². The Morgan fingerprint density at radius 2 is 2.04 bits per heavy atom. The number of aromatic carboxylic acids is 1. The second kappa shape index (κ2) is 6.72. The van der Waals surface area contributed by atoms with Gasteiger partial charge in [0.25, 0.3) is 0 Å². The largest absolute Gasteiger partial charge is 0.491 e. The van der Waals surface area contributed by atoms with E-state index in [0.29, 0.717) is 17.6 Å². The van der Waals surface area contributed by atoms with Gasteiger partial charge >= 0.3 is 5.97 Å². The third-order valence-corrected chi connectivity index (χ3v) is 3.90. The molecule has 1 heterocycles. The molecule has 1 aromatic heterocycles. The van der Waals surface area contributed by atoms with Gasteiger partial charge in [-0.05, 0) is 24.1 Å². The maximum Gasteiger partial charge on any atom is 0.340 e. The first kappa shape index (κ1) is 16.0. The molecule has 3 rings (SSSR count). The van der Waals surface area contributed by atoms with Crippen LogP contribution in [0.25, 0.3) is 10.9 Å². The minimum atomic E-state index is -1.04. The van der Waals surface area contributed by atoms with Gasteiger partial charge in [-0.2, -0.15) is 5.10 Å². The van der Waals surface area contributed by atoms with Crippen LogP contribution in [0.15, 0.2) is 48.7 Å². The van der Waals surface area contributed by atoms with Crippen LogP contribution in [0.4, 0.5) is 0 Å². The van der Waals surface area contributed by atoms with Crippen LogP contribution in [0, 0.1) is 0 Å². The second-order valence-corrected chi connectivity index (χ2v) is 5.71. The monoisotopic (exact) mass is 325 g/mol. The van der Waals surface area contributed by atoms with Crippen LogP contribution in [-0.2, 0) is 13.5 Å². The summed E-state index contributed by atoms with van der Waals surface area (Å²) < 4.78 is 7.34. The van der Waals surface area contributed by atoms with Gasteiger partial charge in [-0.1, -0.05) is 30.3 Å². The Bertz CT molecular complexity index is 859. The van der Waals surface area contributed by atoms with E-state index in [1.54, 1.807) is 23.9 Å². The number of carboxylic acids is 1. The first-order valence-electron chi connectivity index (χ1n) is 7.66. The number of ether oxygens (including phenoxy) is 1. The number of fused-ring (bicyclic) bond motifs is 1. The molecule has 3 N–H and O–H groups in total. The van der Waals surface area contributed by atoms with E-state index in [1.807, 2.05) is 30.3 Å². The molecule has 6 heteroatoms. The van der Waals surface area contributed by atoms with Crippen molar-refractivity contribution in [3.63, 3.8) is 0 Å². The van der Waals surface area contributed by atoms with Crippen molar-refractivity contribution in [2.24, 2.45) is 12.8 Å². The molecule has 0 saturated heterocycles. The number of nitrogens with zero attached hydrogens (tertiary/aromatic N) is 2. The molecule has 0 radical (unpaired) electrons. The predicted molar refractivity (Wildman–Crippen MR) is 91.3 cm³/mol. The molecule has 24 heavy (non-hydrogen) atoms. The number of aromatic nitrogens is 2. The van der Waals surface area contributed by atoms with Gasteiger partial charge < -0.3 is 15.6 Å². The van der Waals surface area contributed by atoms with Gasteiger partial charge in [-0.25, -0.2) is 4.79 Å². The Morgan fingerprint density at radius 1 is 1.29 bits per heavy atom. The first-order chi connectivity index (χ1) is 11.6. The van der Waals surface area contributed by atoms with E-state index >= 15 is 0 Å². The molecule has 0 aliphatic rings. The molecular formula is C18H19N3O3. The summed E-state index contributed by atoms with van der Waals surface area (Å²) >= 11 is 0. The molecule has 0 saturated carbocycles. The number of carbonyl (C=O) groups is 1. The number of hydrogen-bond acceptors (Lipinski definition) is 4. The summed E-state index contributed by atoms with van der Waals surface area (Å²) in [5.41, 5.74) is 8.09. The number of aryl methyl sites for hydroxylation is 1. The highest BCUT2D eigenvalue weighted by atomic mass is 16.5. The van der Waals surface area contributed by atoms with Crippen LogP contribution in [0.2, 0.25) is 0 Å². The molecule has 0 aliphatic heterocycles. The second-order valence-electron chi connectivity index (χ2n) is 5.71. The van der Waals surface area contributed by atoms with Gasteiger partial charge in [0.05, 0.1) is 11.7 Å². The maximum atomic E-state index is 11.6. The lowest BCUT2D eigenvalue weighted by atomic mass is 10.1. The molecular weight excluding hydrogens is 306 g/mol. The fourth-order valence-electron chi connectivity index (χ4n) is 2.72. The van der Waals surface area contributed by atoms with Crippen LogP contribution in [-0.4, -0.2) is 33.5 Å². The van der Waals surface area contributed by atoms with Crippen molar-refractivity contribution in [2.75, 3.05) is 6.61 Å². The van der Waals surface area contributed by atoms with E-state index < -0.39 is 5.97 Å². The highest BCUT2D eigenvalue weighted by Gasteiger charge is 2.18. The number of nitrogens with two attached hydrogens (primary N) is 1. The Hall–Kier alpha value is -2.86. The SMILES string of the molecule is Cn1ncc2c(C(=O)O)c(OC[C@H](N)Cc3ccccc3)ccc21. The molecule has 2 aromatic carbocycles. The molecule has 0 unspecified atom stereocenters. The average Bonchev–Trinajstić information content (AvgIpc) is 2.94. The van der Waals surface area contributed by atoms with Gasteiger partial charge in [0.1, 0.15) is 17.9 Å². The number of hydrogen-bond donors (Lipinski definition) is 2. The quantitative estimate of drug-likeness (QED) is 0.725. The Kier molecular flexibility index (Phi) is 4.48. The zero-order valence-electron chi connectivity index (χ0n) is 13.3. The van der Waals surface area contributed by atoms with E-state index in [2.05, 4.69) is 5.10 Å². The van der Waals surface area contributed by atoms with Crippen molar-refractivity contribution in [2.45, 2.75) is 12.5 Å². The first-order valence-corrected chi connectivity index (χ1v) is 7.66. The summed E-state index contributed by atoms with van der Waals surface area (Å²) in [6.45, 7) is 0.237. The lowest BCUT2D eigenvalue weighted by Gasteiger charge is -2.15. The smallest absolute Gasteiger partial charge is 0.340 e. The molecule has 1 atom stereocenters. The van der Waals surface area contributed by atoms with Gasteiger partial charge in [-0.3, -0.25) is 4.68 Å². The zero-order chi connectivity index (χ0) is 17.1. The van der Waals surface area contributed by atoms with Crippen molar-refractivity contribution in [1.82, 2.24) is 9.78 Å². The molecule has 0 aliphatic carbocycles. The third kappa shape index (κ3) is 3.23. The van der Waals surface area contributed by atoms with Crippen LogP contribution >= 0.6 is 0 Å². The molecule has 0 amide bonds. The predicted octanol–water partition coefficient (Wildman–Crippen LogP) is 2.22. The van der Waals surface area contributed by atoms with E-state index in [1.165, 1.54) is 6.20 Å². The van der Waals surface area contributed by atoms with Crippen LogP contribution < -0.4 is 10.5 Å². The average molecular weight is 325 g/mol. The Labute approximate surface area is 139 Å². The summed E-state index contributed by atoms with van der Waals surface area (Å²) in [5, 5.41) is 14.2. The van der Waals surface area contributed by atoms with E-state index in [9.17, 15) is 9.90 Å². The van der Waals surface area contributed by atoms with Gasteiger partial charge in [0.15, 0.2) is 0 Å². The molecule has 0 fully saturated rings. The van der Waals surface area contributed by atoms with Gasteiger partial charge in [-0.15, -0.1) is 0 Å². The van der Waals surface area contributed by atoms with Crippen molar-refractivity contribution in [3.05, 3.63) is 59.8 Å². The normalized spacial score (nSPS) is 12.2.